The van der Waals surface area contributed by atoms with Crippen molar-refractivity contribution in [1.82, 2.24) is 14.2 Å². The minimum Gasteiger partial charge on any atom is -0.336 e. The lowest BCUT2D eigenvalue weighted by atomic mass is 10.2. The minimum absolute atomic E-state index is 0.0605. The van der Waals surface area contributed by atoms with E-state index in [9.17, 15) is 23.3 Å². The SMILES string of the molecule is Cc1ccc([N+](=O)[O-])cc1S(=O)(=O)N1CCN(C(=O)c2cnc(Cl)c(Cl)c2)CC1. The van der Waals surface area contributed by atoms with Crippen LogP contribution >= 0.6 is 23.2 Å². The maximum atomic E-state index is 13.0. The number of hydrogen-bond acceptors (Lipinski definition) is 6. The molecule has 1 aromatic heterocycles. The van der Waals surface area contributed by atoms with Gasteiger partial charge in [-0.05, 0) is 18.6 Å². The van der Waals surface area contributed by atoms with Crippen LogP contribution in [0.15, 0.2) is 35.4 Å². The van der Waals surface area contributed by atoms with E-state index in [0.717, 1.165) is 6.07 Å². The van der Waals surface area contributed by atoms with Gasteiger partial charge in [0.05, 0.1) is 20.4 Å². The summed E-state index contributed by atoms with van der Waals surface area (Å²) in [5.41, 5.74) is 0.372. The lowest BCUT2D eigenvalue weighted by molar-refractivity contribution is -0.385. The third-order valence-corrected chi connectivity index (χ3v) is 7.30. The Bertz CT molecular complexity index is 1090. The summed E-state index contributed by atoms with van der Waals surface area (Å²) in [6, 6.07) is 5.14. The number of sulfonamides is 1. The third kappa shape index (κ3) is 4.35. The highest BCUT2D eigenvalue weighted by atomic mass is 35.5. The Morgan fingerprint density at radius 2 is 1.83 bits per heavy atom. The van der Waals surface area contributed by atoms with Crippen LogP contribution in [0, 0.1) is 17.0 Å². The summed E-state index contributed by atoms with van der Waals surface area (Å²) in [7, 11) is -3.93. The van der Waals surface area contributed by atoms with Crippen LogP contribution in [0.25, 0.3) is 0 Å². The van der Waals surface area contributed by atoms with E-state index >= 15 is 0 Å². The number of nitrogens with zero attached hydrogens (tertiary/aromatic N) is 4. The summed E-state index contributed by atoms with van der Waals surface area (Å²) in [5, 5.41) is 11.2. The number of carbonyl (C=O) groups excluding carboxylic acids is 1. The maximum absolute atomic E-state index is 13.0. The van der Waals surface area contributed by atoms with E-state index < -0.39 is 14.9 Å². The van der Waals surface area contributed by atoms with Gasteiger partial charge >= 0.3 is 0 Å². The second-order valence-electron chi connectivity index (χ2n) is 6.40. The topological polar surface area (TPSA) is 114 Å². The number of carbonyl (C=O) groups is 1. The van der Waals surface area contributed by atoms with Gasteiger partial charge in [0.1, 0.15) is 5.15 Å². The smallest absolute Gasteiger partial charge is 0.270 e. The predicted octanol–water partition coefficient (Wildman–Crippen LogP) is 2.75. The zero-order chi connectivity index (χ0) is 21.3. The van der Waals surface area contributed by atoms with Crippen molar-refractivity contribution in [2.24, 2.45) is 0 Å². The Labute approximate surface area is 177 Å². The molecule has 1 amide bonds. The molecule has 29 heavy (non-hydrogen) atoms. The molecule has 0 N–H and O–H groups in total. The molecular formula is C17H16Cl2N4O5S. The van der Waals surface area contributed by atoms with Gasteiger partial charge in [0, 0.05) is 44.5 Å². The second kappa shape index (κ2) is 8.23. The van der Waals surface area contributed by atoms with Crippen molar-refractivity contribution in [3.8, 4) is 0 Å². The van der Waals surface area contributed by atoms with Gasteiger partial charge in [-0.2, -0.15) is 4.31 Å². The number of amides is 1. The Morgan fingerprint density at radius 1 is 1.17 bits per heavy atom. The molecule has 1 aliphatic rings. The summed E-state index contributed by atoms with van der Waals surface area (Å²) in [4.78, 5) is 28.2. The van der Waals surface area contributed by atoms with Crippen molar-refractivity contribution in [2.75, 3.05) is 26.2 Å². The Morgan fingerprint density at radius 3 is 2.41 bits per heavy atom. The number of pyridine rings is 1. The van der Waals surface area contributed by atoms with Crippen molar-refractivity contribution >= 4 is 44.8 Å². The van der Waals surface area contributed by atoms with Gasteiger partial charge in [0.25, 0.3) is 11.6 Å². The molecule has 1 aromatic carbocycles. The Balaban J connectivity index is 1.76. The van der Waals surface area contributed by atoms with Crippen molar-refractivity contribution in [3.63, 3.8) is 0 Å². The average Bonchev–Trinajstić information content (AvgIpc) is 2.69. The summed E-state index contributed by atoms with van der Waals surface area (Å²) in [5.74, 6) is -0.334. The highest BCUT2D eigenvalue weighted by molar-refractivity contribution is 7.89. The third-order valence-electron chi connectivity index (χ3n) is 4.57. The molecule has 1 saturated heterocycles. The van der Waals surface area contributed by atoms with Gasteiger partial charge in [0.2, 0.25) is 10.0 Å². The average molecular weight is 459 g/mol. The summed E-state index contributed by atoms with van der Waals surface area (Å²) in [6.45, 7) is 2.02. The molecule has 12 heteroatoms. The van der Waals surface area contributed by atoms with Gasteiger partial charge in [-0.1, -0.05) is 29.3 Å². The largest absolute Gasteiger partial charge is 0.336 e. The normalized spacial score (nSPS) is 15.3. The number of non-ortho nitro benzene ring substituents is 1. The Hall–Kier alpha value is -2.27. The quantitative estimate of drug-likeness (QED) is 0.395. The van der Waals surface area contributed by atoms with Crippen molar-refractivity contribution in [1.29, 1.82) is 0 Å². The van der Waals surface area contributed by atoms with E-state index in [1.165, 1.54) is 33.6 Å². The predicted molar refractivity (Wildman–Crippen MR) is 107 cm³/mol. The molecule has 9 nitrogen and oxygen atoms in total. The fraction of sp³-hybridized carbons (Fsp3) is 0.294. The molecule has 0 atom stereocenters. The van der Waals surface area contributed by atoms with Crippen LogP contribution < -0.4 is 0 Å². The first-order valence-corrected chi connectivity index (χ1v) is 10.7. The number of rotatable bonds is 4. The molecule has 154 valence electrons. The standard InChI is InChI=1S/C17H16Cl2N4O5S/c1-11-2-3-13(23(25)26)9-15(11)29(27,28)22-6-4-21(5-7-22)17(24)12-8-14(18)16(19)20-10-12/h2-3,8-10H,4-7H2,1H3. The molecular weight excluding hydrogens is 443 g/mol. The van der Waals surface area contributed by atoms with E-state index in [1.54, 1.807) is 6.92 Å². The summed E-state index contributed by atoms with van der Waals surface area (Å²) in [6.07, 6.45) is 1.31. The molecule has 0 unspecified atom stereocenters. The van der Waals surface area contributed by atoms with Crippen LogP contribution in [0.1, 0.15) is 15.9 Å². The van der Waals surface area contributed by atoms with Gasteiger partial charge in [-0.25, -0.2) is 13.4 Å². The van der Waals surface area contributed by atoms with Gasteiger partial charge < -0.3 is 4.90 Å². The number of piperazine rings is 1. The van der Waals surface area contributed by atoms with Gasteiger partial charge in [0.15, 0.2) is 0 Å². The van der Waals surface area contributed by atoms with Crippen LogP contribution in [-0.4, -0.2) is 59.6 Å². The van der Waals surface area contributed by atoms with E-state index in [0.29, 0.717) is 5.56 Å². The van der Waals surface area contributed by atoms with Crippen molar-refractivity contribution in [3.05, 3.63) is 61.9 Å². The van der Waals surface area contributed by atoms with Crippen LogP contribution in [0.3, 0.4) is 0 Å². The van der Waals surface area contributed by atoms with Crippen LogP contribution in [0.2, 0.25) is 10.2 Å². The highest BCUT2D eigenvalue weighted by Crippen LogP contribution is 2.26. The molecule has 3 rings (SSSR count). The summed E-state index contributed by atoms with van der Waals surface area (Å²) < 4.78 is 27.2. The zero-order valence-corrected chi connectivity index (χ0v) is 17.5. The number of aryl methyl sites for hydroxylation is 1. The van der Waals surface area contributed by atoms with Crippen LogP contribution in [0.5, 0.6) is 0 Å². The lowest BCUT2D eigenvalue weighted by Crippen LogP contribution is -2.50. The molecule has 0 aliphatic carbocycles. The number of nitro groups is 1. The zero-order valence-electron chi connectivity index (χ0n) is 15.2. The molecule has 0 spiro atoms. The molecule has 0 bridgehead atoms. The first-order chi connectivity index (χ1) is 13.6. The molecule has 1 fully saturated rings. The van der Waals surface area contributed by atoms with E-state index in [1.807, 2.05) is 0 Å². The molecule has 1 aliphatic heterocycles. The molecule has 0 radical (unpaired) electrons. The fourth-order valence-electron chi connectivity index (χ4n) is 2.97. The van der Waals surface area contributed by atoms with E-state index in [4.69, 9.17) is 23.2 Å². The first kappa shape index (κ1) is 21.4. The van der Waals surface area contributed by atoms with Gasteiger partial charge in [-0.15, -0.1) is 0 Å². The first-order valence-electron chi connectivity index (χ1n) is 8.47. The van der Waals surface area contributed by atoms with Crippen molar-refractivity contribution in [2.45, 2.75) is 11.8 Å². The van der Waals surface area contributed by atoms with Crippen LogP contribution in [0.4, 0.5) is 5.69 Å². The molecule has 0 saturated carbocycles. The second-order valence-corrected chi connectivity index (χ2v) is 9.07. The monoisotopic (exact) mass is 458 g/mol. The summed E-state index contributed by atoms with van der Waals surface area (Å²) >= 11 is 11.7. The maximum Gasteiger partial charge on any atom is 0.270 e. The van der Waals surface area contributed by atoms with Crippen LogP contribution in [-0.2, 0) is 10.0 Å². The minimum atomic E-state index is -3.93. The molecule has 2 heterocycles. The number of nitro benzene ring substituents is 1. The number of hydrogen-bond donors (Lipinski definition) is 0. The number of aromatic nitrogens is 1. The van der Waals surface area contributed by atoms with Gasteiger partial charge in [-0.3, -0.25) is 14.9 Å². The lowest BCUT2D eigenvalue weighted by Gasteiger charge is -2.34. The number of benzene rings is 1. The Kier molecular flexibility index (Phi) is 6.08. The van der Waals surface area contributed by atoms with E-state index in [-0.39, 0.29) is 58.4 Å². The van der Waals surface area contributed by atoms with Crippen molar-refractivity contribution < 1.29 is 18.1 Å². The highest BCUT2D eigenvalue weighted by Gasteiger charge is 2.32. The molecule has 2 aromatic rings. The van der Waals surface area contributed by atoms with E-state index in [2.05, 4.69) is 4.98 Å². The number of halogens is 2. The fourth-order valence-corrected chi connectivity index (χ4v) is 4.91.